The number of rotatable bonds is 4. The van der Waals surface area contributed by atoms with Crippen LogP contribution < -0.4 is 5.32 Å². The van der Waals surface area contributed by atoms with Gasteiger partial charge in [0.2, 0.25) is 0 Å². The molecule has 0 amide bonds. The van der Waals surface area contributed by atoms with Crippen LogP contribution in [-0.2, 0) is 9.53 Å². The van der Waals surface area contributed by atoms with Crippen molar-refractivity contribution in [2.45, 2.75) is 59.9 Å². The van der Waals surface area contributed by atoms with Crippen molar-refractivity contribution in [3.63, 3.8) is 0 Å². The van der Waals surface area contributed by atoms with E-state index in [2.05, 4.69) is 37.7 Å². The first-order valence-electron chi connectivity index (χ1n) is 7.14. The van der Waals surface area contributed by atoms with Crippen LogP contribution in [0.4, 0.5) is 0 Å². The minimum absolute atomic E-state index is 0.244. The third-order valence-corrected chi connectivity index (χ3v) is 3.88. The van der Waals surface area contributed by atoms with E-state index >= 15 is 0 Å². The number of carbonyl (C=O) groups is 1. The maximum atomic E-state index is 11.3. The fourth-order valence-corrected chi connectivity index (χ4v) is 3.61. The smallest absolute Gasteiger partial charge is 0.333 e. The van der Waals surface area contributed by atoms with Crippen LogP contribution in [0.5, 0.6) is 0 Å². The highest BCUT2D eigenvalue weighted by molar-refractivity contribution is 5.87. The molecule has 3 heteroatoms. The standard InChI is InChI=1S/C16H29NO2/c1-12(14(18)19-6)7-8-17-13-9-15(2,3)11-16(4,5)10-13/h7,13,17H,8-11H2,1-6H3. The van der Waals surface area contributed by atoms with E-state index in [1.807, 2.05) is 6.08 Å². The second-order valence-corrected chi connectivity index (χ2v) is 7.40. The second-order valence-electron chi connectivity index (χ2n) is 7.40. The van der Waals surface area contributed by atoms with Crippen LogP contribution in [0, 0.1) is 10.8 Å². The molecule has 0 atom stereocenters. The van der Waals surface area contributed by atoms with Crippen LogP contribution in [0.25, 0.3) is 0 Å². The Kier molecular flexibility index (Phi) is 5.19. The summed E-state index contributed by atoms with van der Waals surface area (Å²) in [6.07, 6.45) is 5.58. The number of esters is 1. The molecule has 0 heterocycles. The Labute approximate surface area is 117 Å². The van der Waals surface area contributed by atoms with Gasteiger partial charge < -0.3 is 10.1 Å². The Bertz CT molecular complexity index is 340. The highest BCUT2D eigenvalue weighted by atomic mass is 16.5. The second kappa shape index (κ2) is 6.08. The van der Waals surface area contributed by atoms with Gasteiger partial charge in [0.1, 0.15) is 0 Å². The van der Waals surface area contributed by atoms with Crippen LogP contribution in [0.15, 0.2) is 11.6 Å². The van der Waals surface area contributed by atoms with Gasteiger partial charge in [-0.15, -0.1) is 0 Å². The predicted molar refractivity (Wildman–Crippen MR) is 79.0 cm³/mol. The van der Waals surface area contributed by atoms with Gasteiger partial charge in [-0.2, -0.15) is 0 Å². The van der Waals surface area contributed by atoms with Gasteiger partial charge in [-0.05, 0) is 37.0 Å². The fraction of sp³-hybridized carbons (Fsp3) is 0.812. The molecule has 1 aliphatic carbocycles. The Hall–Kier alpha value is -0.830. The lowest BCUT2D eigenvalue weighted by atomic mass is 9.63. The molecule has 1 fully saturated rings. The summed E-state index contributed by atoms with van der Waals surface area (Å²) in [5.41, 5.74) is 1.45. The molecule has 19 heavy (non-hydrogen) atoms. The topological polar surface area (TPSA) is 38.3 Å². The van der Waals surface area contributed by atoms with Crippen molar-refractivity contribution in [2.24, 2.45) is 10.8 Å². The molecule has 0 bridgehead atoms. The molecule has 0 aromatic heterocycles. The summed E-state index contributed by atoms with van der Waals surface area (Å²) in [5.74, 6) is -0.244. The van der Waals surface area contributed by atoms with Gasteiger partial charge in [0.15, 0.2) is 0 Å². The molecule has 1 saturated carbocycles. The largest absolute Gasteiger partial charge is 0.466 e. The molecule has 0 aliphatic heterocycles. The fourth-order valence-electron chi connectivity index (χ4n) is 3.61. The molecule has 0 radical (unpaired) electrons. The first kappa shape index (κ1) is 16.2. The molecule has 0 spiro atoms. The molecule has 1 rings (SSSR count). The number of hydrogen-bond donors (Lipinski definition) is 1. The minimum atomic E-state index is -0.244. The van der Waals surface area contributed by atoms with Gasteiger partial charge in [-0.3, -0.25) is 0 Å². The average molecular weight is 267 g/mol. The number of hydrogen-bond acceptors (Lipinski definition) is 3. The van der Waals surface area contributed by atoms with Gasteiger partial charge in [0.05, 0.1) is 7.11 Å². The van der Waals surface area contributed by atoms with E-state index in [4.69, 9.17) is 0 Å². The van der Waals surface area contributed by atoms with Gasteiger partial charge >= 0.3 is 5.97 Å². The molecule has 1 aliphatic rings. The van der Waals surface area contributed by atoms with E-state index < -0.39 is 0 Å². The maximum Gasteiger partial charge on any atom is 0.333 e. The Morgan fingerprint density at radius 3 is 2.26 bits per heavy atom. The van der Waals surface area contributed by atoms with E-state index in [9.17, 15) is 4.79 Å². The first-order valence-corrected chi connectivity index (χ1v) is 7.14. The summed E-state index contributed by atoms with van der Waals surface area (Å²) in [6, 6.07) is 0.528. The van der Waals surface area contributed by atoms with Crippen molar-refractivity contribution in [3.8, 4) is 0 Å². The lowest BCUT2D eigenvalue weighted by molar-refractivity contribution is -0.136. The van der Waals surface area contributed by atoms with Crippen molar-refractivity contribution in [1.29, 1.82) is 0 Å². The van der Waals surface area contributed by atoms with Gasteiger partial charge in [-0.25, -0.2) is 4.79 Å². The van der Waals surface area contributed by atoms with Gasteiger partial charge in [0.25, 0.3) is 0 Å². The summed E-state index contributed by atoms with van der Waals surface area (Å²) in [5, 5.41) is 3.56. The third-order valence-electron chi connectivity index (χ3n) is 3.88. The number of ether oxygens (including phenoxy) is 1. The summed E-state index contributed by atoms with van der Waals surface area (Å²) >= 11 is 0. The molecule has 0 saturated heterocycles. The van der Waals surface area contributed by atoms with Crippen molar-refractivity contribution >= 4 is 5.97 Å². The summed E-state index contributed by atoms with van der Waals surface area (Å²) < 4.78 is 4.69. The van der Waals surface area contributed by atoms with E-state index in [1.54, 1.807) is 6.92 Å². The van der Waals surface area contributed by atoms with Crippen molar-refractivity contribution in [3.05, 3.63) is 11.6 Å². The van der Waals surface area contributed by atoms with Crippen LogP contribution in [-0.4, -0.2) is 25.7 Å². The monoisotopic (exact) mass is 267 g/mol. The Balaban J connectivity index is 2.51. The summed E-state index contributed by atoms with van der Waals surface area (Å²) in [6.45, 7) is 11.9. The molecule has 0 aromatic carbocycles. The van der Waals surface area contributed by atoms with Crippen LogP contribution in [0.3, 0.4) is 0 Å². The molecule has 110 valence electrons. The van der Waals surface area contributed by atoms with E-state index in [0.29, 0.717) is 22.4 Å². The maximum absolute atomic E-state index is 11.3. The zero-order chi connectivity index (χ0) is 14.7. The minimum Gasteiger partial charge on any atom is -0.466 e. The van der Waals surface area contributed by atoms with Crippen molar-refractivity contribution < 1.29 is 9.53 Å². The quantitative estimate of drug-likeness (QED) is 0.627. The molecule has 3 nitrogen and oxygen atoms in total. The molecule has 1 N–H and O–H groups in total. The number of methoxy groups -OCH3 is 1. The molecular weight excluding hydrogens is 238 g/mol. The SMILES string of the molecule is COC(=O)C(C)=CCNC1CC(C)(C)CC(C)(C)C1. The normalized spacial score (nSPS) is 23.2. The molecule has 0 unspecified atom stereocenters. The predicted octanol–water partition coefficient (Wildman–Crippen LogP) is 3.30. The summed E-state index contributed by atoms with van der Waals surface area (Å²) in [7, 11) is 1.42. The van der Waals surface area contributed by atoms with Crippen molar-refractivity contribution in [1.82, 2.24) is 5.32 Å². The summed E-state index contributed by atoms with van der Waals surface area (Å²) in [4.78, 5) is 11.3. The average Bonchev–Trinajstić information content (AvgIpc) is 2.23. The van der Waals surface area contributed by atoms with Crippen molar-refractivity contribution in [2.75, 3.05) is 13.7 Å². The van der Waals surface area contributed by atoms with Gasteiger partial charge in [0, 0.05) is 18.2 Å². The zero-order valence-electron chi connectivity index (χ0n) is 13.3. The van der Waals surface area contributed by atoms with Crippen LogP contribution in [0.2, 0.25) is 0 Å². The van der Waals surface area contributed by atoms with E-state index in [1.165, 1.54) is 26.4 Å². The Morgan fingerprint density at radius 2 is 1.79 bits per heavy atom. The Morgan fingerprint density at radius 1 is 1.26 bits per heavy atom. The van der Waals surface area contributed by atoms with E-state index in [-0.39, 0.29) is 5.97 Å². The highest BCUT2D eigenvalue weighted by Gasteiger charge is 2.37. The van der Waals surface area contributed by atoms with Gasteiger partial charge in [-0.1, -0.05) is 33.8 Å². The number of nitrogens with one attached hydrogen (secondary N) is 1. The van der Waals surface area contributed by atoms with Crippen LogP contribution in [0.1, 0.15) is 53.9 Å². The lowest BCUT2D eigenvalue weighted by Gasteiger charge is -2.45. The lowest BCUT2D eigenvalue weighted by Crippen LogP contribution is -2.44. The highest BCUT2D eigenvalue weighted by Crippen LogP contribution is 2.45. The number of carbonyl (C=O) groups excluding carboxylic acids is 1. The zero-order valence-corrected chi connectivity index (χ0v) is 13.3. The first-order chi connectivity index (χ1) is 8.65. The van der Waals surface area contributed by atoms with Crippen LogP contribution >= 0.6 is 0 Å². The molecular formula is C16H29NO2. The molecule has 0 aromatic rings. The van der Waals surface area contributed by atoms with E-state index in [0.717, 1.165) is 6.54 Å². The third kappa shape index (κ3) is 5.35.